The molecule has 0 aliphatic rings. The lowest BCUT2D eigenvalue weighted by atomic mass is 9.96. The zero-order valence-electron chi connectivity index (χ0n) is 18.4. The summed E-state index contributed by atoms with van der Waals surface area (Å²) in [7, 11) is 0. The Labute approximate surface area is 186 Å². The molecule has 5 atom stereocenters. The third-order valence-electron chi connectivity index (χ3n) is 5.04. The summed E-state index contributed by atoms with van der Waals surface area (Å²) < 4.78 is 0. The summed E-state index contributed by atoms with van der Waals surface area (Å²) in [5, 5.41) is 35.1. The van der Waals surface area contributed by atoms with Crippen LogP contribution in [0.25, 0.3) is 0 Å². The molecular weight excluding hydrogens is 420 g/mol. The summed E-state index contributed by atoms with van der Waals surface area (Å²) >= 11 is 0. The highest BCUT2D eigenvalue weighted by atomic mass is 16.4. The highest BCUT2D eigenvalue weighted by Gasteiger charge is 2.32. The first kappa shape index (κ1) is 26.9. The number of rotatable bonds is 12. The predicted octanol–water partition coefficient (Wildman–Crippen LogP) is -1.14. The number of aliphatic hydroxyl groups excluding tert-OH is 1. The fraction of sp³-hybridized carbons (Fsp3) is 0.524. The molecule has 0 fully saturated rings. The Kier molecular flexibility index (Phi) is 10.6. The number of carboxylic acids is 1. The fourth-order valence-corrected chi connectivity index (χ4v) is 2.79. The molecule has 1 aromatic carbocycles. The van der Waals surface area contributed by atoms with Crippen LogP contribution in [0.15, 0.2) is 24.3 Å². The third kappa shape index (κ3) is 8.52. The molecule has 0 saturated carbocycles. The van der Waals surface area contributed by atoms with Crippen molar-refractivity contribution >= 4 is 23.7 Å². The van der Waals surface area contributed by atoms with Crippen LogP contribution in [-0.4, -0.2) is 69.8 Å². The number of amides is 3. The second-order valence-corrected chi connectivity index (χ2v) is 7.68. The molecule has 0 aliphatic heterocycles. The van der Waals surface area contributed by atoms with Crippen molar-refractivity contribution in [1.82, 2.24) is 16.0 Å². The van der Waals surface area contributed by atoms with Crippen LogP contribution in [0.4, 0.5) is 0 Å². The van der Waals surface area contributed by atoms with E-state index in [1.165, 1.54) is 19.1 Å². The summed E-state index contributed by atoms with van der Waals surface area (Å²) in [6, 6.07) is 2.56. The first-order valence-corrected chi connectivity index (χ1v) is 10.3. The molecule has 11 nitrogen and oxygen atoms in total. The molecule has 0 aromatic heterocycles. The van der Waals surface area contributed by atoms with Crippen molar-refractivity contribution in [3.8, 4) is 5.75 Å². The van der Waals surface area contributed by atoms with Crippen LogP contribution in [0, 0.1) is 5.92 Å². The van der Waals surface area contributed by atoms with Crippen molar-refractivity contribution in [3.05, 3.63) is 29.8 Å². The monoisotopic (exact) mass is 452 g/mol. The average molecular weight is 453 g/mol. The number of aliphatic carboxylic acids is 1. The Bertz CT molecular complexity index is 798. The minimum absolute atomic E-state index is 0.0197. The van der Waals surface area contributed by atoms with E-state index in [-0.39, 0.29) is 18.1 Å². The molecule has 0 aliphatic carbocycles. The van der Waals surface area contributed by atoms with Gasteiger partial charge in [-0.25, -0.2) is 0 Å². The maximum Gasteiger partial charge on any atom is 0.322 e. The molecule has 5 unspecified atom stereocenters. The number of aromatic hydroxyl groups is 1. The predicted molar refractivity (Wildman–Crippen MR) is 115 cm³/mol. The van der Waals surface area contributed by atoms with E-state index >= 15 is 0 Å². The summed E-state index contributed by atoms with van der Waals surface area (Å²) in [5.41, 5.74) is 6.26. The Balaban J connectivity index is 3.06. The van der Waals surface area contributed by atoms with Gasteiger partial charge in [0.25, 0.3) is 0 Å². The van der Waals surface area contributed by atoms with Crippen LogP contribution < -0.4 is 21.7 Å². The van der Waals surface area contributed by atoms with Crippen LogP contribution in [0.5, 0.6) is 5.75 Å². The topological polar surface area (TPSA) is 191 Å². The zero-order valence-corrected chi connectivity index (χ0v) is 18.4. The van der Waals surface area contributed by atoms with E-state index in [4.69, 9.17) is 10.8 Å². The minimum Gasteiger partial charge on any atom is -0.508 e. The minimum atomic E-state index is -1.25. The smallest absolute Gasteiger partial charge is 0.322 e. The van der Waals surface area contributed by atoms with Crippen molar-refractivity contribution in [3.63, 3.8) is 0 Å². The van der Waals surface area contributed by atoms with Gasteiger partial charge in [-0.3, -0.25) is 19.2 Å². The van der Waals surface area contributed by atoms with E-state index in [9.17, 15) is 29.4 Å². The molecule has 0 bridgehead atoms. The number of nitrogens with one attached hydrogen (secondary N) is 3. The number of hydrogen-bond donors (Lipinski definition) is 7. The Morgan fingerprint density at radius 3 is 2.09 bits per heavy atom. The van der Waals surface area contributed by atoms with Gasteiger partial charge in [0.05, 0.1) is 6.10 Å². The van der Waals surface area contributed by atoms with E-state index in [1.807, 2.05) is 6.92 Å². The number of phenols is 1. The van der Waals surface area contributed by atoms with E-state index in [0.717, 1.165) is 0 Å². The van der Waals surface area contributed by atoms with Gasteiger partial charge in [-0.1, -0.05) is 32.4 Å². The summed E-state index contributed by atoms with van der Waals surface area (Å²) in [5.74, 6) is -3.63. The van der Waals surface area contributed by atoms with Crippen LogP contribution in [0.2, 0.25) is 0 Å². The van der Waals surface area contributed by atoms with E-state index < -0.39 is 54.5 Å². The number of carbonyl (C=O) groups excluding carboxylic acids is 3. The van der Waals surface area contributed by atoms with Gasteiger partial charge < -0.3 is 37.0 Å². The quantitative estimate of drug-likeness (QED) is 0.207. The maximum absolute atomic E-state index is 13.0. The lowest BCUT2D eigenvalue weighted by molar-refractivity contribution is -0.138. The molecular formula is C21H32N4O7. The summed E-state index contributed by atoms with van der Waals surface area (Å²) in [4.78, 5) is 48.7. The Morgan fingerprint density at radius 1 is 1.00 bits per heavy atom. The van der Waals surface area contributed by atoms with Crippen molar-refractivity contribution in [2.45, 2.75) is 57.8 Å². The SMILES string of the molecule is CCC(C)C(NC(=O)C(N)C(C)O)C(=O)NC(Cc1ccc(O)cc1)C(=O)NCC(=O)O. The summed E-state index contributed by atoms with van der Waals surface area (Å²) in [6.07, 6.45) is -0.582. The van der Waals surface area contributed by atoms with E-state index in [1.54, 1.807) is 19.1 Å². The van der Waals surface area contributed by atoms with Gasteiger partial charge in [0.2, 0.25) is 17.7 Å². The second-order valence-electron chi connectivity index (χ2n) is 7.68. The van der Waals surface area contributed by atoms with Gasteiger partial charge in [0.1, 0.15) is 30.4 Å². The van der Waals surface area contributed by atoms with Gasteiger partial charge in [0, 0.05) is 6.42 Å². The van der Waals surface area contributed by atoms with Crippen LogP contribution in [-0.2, 0) is 25.6 Å². The highest BCUT2D eigenvalue weighted by molar-refractivity contribution is 5.94. The third-order valence-corrected chi connectivity index (χ3v) is 5.04. The largest absolute Gasteiger partial charge is 0.508 e. The van der Waals surface area contributed by atoms with Crippen molar-refractivity contribution in [2.24, 2.45) is 11.7 Å². The molecule has 32 heavy (non-hydrogen) atoms. The number of carboxylic acid groups (broad SMARTS) is 1. The molecule has 178 valence electrons. The molecule has 3 amide bonds. The van der Waals surface area contributed by atoms with Gasteiger partial charge in [0.15, 0.2) is 0 Å². The Morgan fingerprint density at radius 2 is 1.59 bits per heavy atom. The lowest BCUT2D eigenvalue weighted by Gasteiger charge is -2.28. The number of phenolic OH excluding ortho intramolecular Hbond substituents is 1. The number of aliphatic hydroxyl groups is 1. The summed E-state index contributed by atoms with van der Waals surface area (Å²) in [6.45, 7) is 4.27. The normalized spacial score (nSPS) is 15.5. The van der Waals surface area contributed by atoms with E-state index in [2.05, 4.69) is 16.0 Å². The van der Waals surface area contributed by atoms with E-state index in [0.29, 0.717) is 12.0 Å². The zero-order chi connectivity index (χ0) is 24.4. The molecule has 8 N–H and O–H groups in total. The maximum atomic E-state index is 13.0. The van der Waals surface area contributed by atoms with Crippen LogP contribution in [0.3, 0.4) is 0 Å². The molecule has 0 radical (unpaired) electrons. The molecule has 1 aromatic rings. The van der Waals surface area contributed by atoms with Crippen molar-refractivity contribution in [2.75, 3.05) is 6.54 Å². The molecule has 11 heteroatoms. The van der Waals surface area contributed by atoms with Crippen LogP contribution >= 0.6 is 0 Å². The molecule has 0 heterocycles. The average Bonchev–Trinajstić information content (AvgIpc) is 2.75. The first-order valence-electron chi connectivity index (χ1n) is 10.3. The van der Waals surface area contributed by atoms with Gasteiger partial charge in [-0.2, -0.15) is 0 Å². The number of nitrogens with two attached hydrogens (primary N) is 1. The van der Waals surface area contributed by atoms with Crippen molar-refractivity contribution in [1.29, 1.82) is 0 Å². The first-order chi connectivity index (χ1) is 15.0. The molecule has 0 saturated heterocycles. The van der Waals surface area contributed by atoms with Gasteiger partial charge in [-0.05, 0) is 30.5 Å². The number of benzene rings is 1. The molecule has 1 rings (SSSR count). The second kappa shape index (κ2) is 12.6. The van der Waals surface area contributed by atoms with Crippen molar-refractivity contribution < 1.29 is 34.5 Å². The standard InChI is InChI=1S/C21H32N4O7/c1-4-11(2)18(25-20(31)17(22)12(3)26)21(32)24-15(19(30)23-10-16(28)29)9-13-5-7-14(27)8-6-13/h5-8,11-12,15,17-18,26-27H,4,9-10,22H2,1-3H3,(H,23,30)(H,24,32)(H,25,31)(H,28,29). The lowest BCUT2D eigenvalue weighted by Crippen LogP contribution is -2.59. The number of hydrogen-bond acceptors (Lipinski definition) is 7. The molecule has 0 spiro atoms. The fourth-order valence-electron chi connectivity index (χ4n) is 2.79. The van der Waals surface area contributed by atoms with Gasteiger partial charge >= 0.3 is 5.97 Å². The number of carbonyl (C=O) groups is 4. The highest BCUT2D eigenvalue weighted by Crippen LogP contribution is 2.13. The van der Waals surface area contributed by atoms with Crippen LogP contribution in [0.1, 0.15) is 32.8 Å². The Hall–Kier alpha value is -3.18. The van der Waals surface area contributed by atoms with Gasteiger partial charge in [-0.15, -0.1) is 0 Å².